The molecule has 0 unspecified atom stereocenters. The summed E-state index contributed by atoms with van der Waals surface area (Å²) in [6.07, 6.45) is 2.83. The molecule has 0 aliphatic heterocycles. The van der Waals surface area contributed by atoms with Gasteiger partial charge in [0.15, 0.2) is 5.82 Å². The fourth-order valence-corrected chi connectivity index (χ4v) is 3.53. The average molecular weight is 364 g/mol. The molecule has 0 spiro atoms. The minimum absolute atomic E-state index is 0.0512. The molecule has 11 heteroatoms. The summed E-state index contributed by atoms with van der Waals surface area (Å²) in [5.74, 6) is 0.914. The lowest BCUT2D eigenvalue weighted by atomic mass is 10.3. The third-order valence-corrected chi connectivity index (χ3v) is 4.86. The molecule has 25 heavy (non-hydrogen) atoms. The average Bonchev–Trinajstić information content (AvgIpc) is 3.25. The second-order valence-electron chi connectivity index (χ2n) is 5.04. The summed E-state index contributed by atoms with van der Waals surface area (Å²) in [5, 5.41) is 14.2. The first kappa shape index (κ1) is 16.8. The number of anilines is 1. The van der Waals surface area contributed by atoms with Gasteiger partial charge in [0.25, 0.3) is 10.0 Å². The molecule has 2 N–H and O–H groups in total. The van der Waals surface area contributed by atoms with E-state index in [4.69, 9.17) is 9.47 Å². The number of aromatic amines is 1. The van der Waals surface area contributed by atoms with Gasteiger partial charge in [-0.25, -0.2) is 8.42 Å². The highest BCUT2D eigenvalue weighted by atomic mass is 32.2. The Hall–Kier alpha value is -3.08. The molecule has 0 radical (unpaired) electrons. The lowest BCUT2D eigenvalue weighted by molar-refractivity contribution is 0.392. The van der Waals surface area contributed by atoms with Crippen LogP contribution < -0.4 is 14.2 Å². The van der Waals surface area contributed by atoms with Gasteiger partial charge in [0.05, 0.1) is 19.9 Å². The number of hydrogen-bond acceptors (Lipinski definition) is 7. The van der Waals surface area contributed by atoms with Crippen LogP contribution in [0.15, 0.2) is 35.7 Å². The summed E-state index contributed by atoms with van der Waals surface area (Å²) in [6, 6.07) is 4.52. The molecule has 1 aromatic carbocycles. The van der Waals surface area contributed by atoms with Gasteiger partial charge < -0.3 is 9.47 Å². The number of aromatic nitrogens is 5. The summed E-state index contributed by atoms with van der Waals surface area (Å²) < 4.78 is 40.1. The van der Waals surface area contributed by atoms with E-state index < -0.39 is 10.0 Å². The molecule has 3 rings (SSSR count). The predicted molar refractivity (Wildman–Crippen MR) is 88.6 cm³/mol. The Labute approximate surface area is 143 Å². The fraction of sp³-hybridized carbons (Fsp3) is 0.214. The SMILES string of the molecule is COc1ccc(OC)c(S(=O)(=O)Nc2c(-n3cnnc3)n[nH]c2C)c1. The Balaban J connectivity index is 2.05. The molecule has 2 heterocycles. The van der Waals surface area contributed by atoms with Gasteiger partial charge >= 0.3 is 0 Å². The molecule has 0 bridgehead atoms. The van der Waals surface area contributed by atoms with Crippen molar-refractivity contribution in [1.29, 1.82) is 0 Å². The van der Waals surface area contributed by atoms with Crippen molar-refractivity contribution in [3.63, 3.8) is 0 Å². The number of methoxy groups -OCH3 is 2. The van der Waals surface area contributed by atoms with Gasteiger partial charge in [0.2, 0.25) is 0 Å². The summed E-state index contributed by atoms with van der Waals surface area (Å²) in [6.45, 7) is 1.70. The van der Waals surface area contributed by atoms with E-state index >= 15 is 0 Å². The highest BCUT2D eigenvalue weighted by molar-refractivity contribution is 7.92. The van der Waals surface area contributed by atoms with E-state index in [1.54, 1.807) is 13.0 Å². The van der Waals surface area contributed by atoms with Gasteiger partial charge in [-0.15, -0.1) is 10.2 Å². The molecule has 0 amide bonds. The first-order valence-electron chi connectivity index (χ1n) is 7.11. The molecular weight excluding hydrogens is 348 g/mol. The summed E-state index contributed by atoms with van der Waals surface area (Å²) in [5.41, 5.74) is 0.818. The van der Waals surface area contributed by atoms with Crippen molar-refractivity contribution >= 4 is 15.7 Å². The van der Waals surface area contributed by atoms with Crippen LogP contribution in [0.1, 0.15) is 5.69 Å². The number of rotatable bonds is 6. The molecule has 10 nitrogen and oxygen atoms in total. The van der Waals surface area contributed by atoms with Crippen molar-refractivity contribution in [1.82, 2.24) is 25.0 Å². The van der Waals surface area contributed by atoms with E-state index in [1.165, 1.54) is 43.6 Å². The van der Waals surface area contributed by atoms with E-state index in [9.17, 15) is 8.42 Å². The molecule has 0 aliphatic rings. The van der Waals surface area contributed by atoms with Crippen LogP contribution in [0.2, 0.25) is 0 Å². The zero-order chi connectivity index (χ0) is 18.0. The minimum atomic E-state index is -3.96. The lowest BCUT2D eigenvalue weighted by Crippen LogP contribution is -2.16. The number of ether oxygens (including phenoxy) is 2. The van der Waals surface area contributed by atoms with E-state index in [0.29, 0.717) is 17.3 Å². The molecule has 0 aliphatic carbocycles. The number of sulfonamides is 1. The molecule has 0 fully saturated rings. The van der Waals surface area contributed by atoms with Crippen molar-refractivity contribution < 1.29 is 17.9 Å². The smallest absolute Gasteiger partial charge is 0.265 e. The highest BCUT2D eigenvalue weighted by Gasteiger charge is 2.24. The van der Waals surface area contributed by atoms with Crippen molar-refractivity contribution in [3.8, 4) is 17.3 Å². The van der Waals surface area contributed by atoms with Gasteiger partial charge in [-0.1, -0.05) is 0 Å². The summed E-state index contributed by atoms with van der Waals surface area (Å²) in [4.78, 5) is -0.0512. The van der Waals surface area contributed by atoms with Gasteiger partial charge in [-0.3, -0.25) is 14.4 Å². The quantitative estimate of drug-likeness (QED) is 0.671. The van der Waals surface area contributed by atoms with Crippen LogP contribution in [0.3, 0.4) is 0 Å². The number of benzene rings is 1. The molecule has 132 valence electrons. The topological polar surface area (TPSA) is 124 Å². The monoisotopic (exact) mass is 364 g/mol. The number of aryl methyl sites for hydroxylation is 1. The largest absolute Gasteiger partial charge is 0.497 e. The zero-order valence-corrected chi connectivity index (χ0v) is 14.5. The number of H-pyrrole nitrogens is 1. The van der Waals surface area contributed by atoms with Crippen LogP contribution >= 0.6 is 0 Å². The van der Waals surface area contributed by atoms with Gasteiger partial charge in [-0.2, -0.15) is 5.10 Å². The first-order valence-corrected chi connectivity index (χ1v) is 8.59. The van der Waals surface area contributed by atoms with Crippen LogP contribution in [0.4, 0.5) is 5.69 Å². The maximum Gasteiger partial charge on any atom is 0.265 e. The number of hydrogen-bond donors (Lipinski definition) is 2. The summed E-state index contributed by atoms with van der Waals surface area (Å²) >= 11 is 0. The third kappa shape index (κ3) is 3.13. The standard InChI is InChI=1S/C14H16N6O4S/c1-9-13(14(18-17-9)20-7-15-16-8-20)19-25(21,22)12-6-10(23-2)4-5-11(12)24-3/h4-8,19H,1-3H3,(H,17,18). The molecular formula is C14H16N6O4S. The van der Waals surface area contributed by atoms with E-state index in [0.717, 1.165) is 0 Å². The van der Waals surface area contributed by atoms with Crippen LogP contribution in [0.5, 0.6) is 11.5 Å². The Bertz CT molecular complexity index is 981. The third-order valence-electron chi connectivity index (χ3n) is 3.49. The van der Waals surface area contributed by atoms with Gasteiger partial charge in [0, 0.05) is 6.07 Å². The predicted octanol–water partition coefficient (Wildman–Crippen LogP) is 1.12. The van der Waals surface area contributed by atoms with Crippen LogP contribution in [0, 0.1) is 6.92 Å². The zero-order valence-electron chi connectivity index (χ0n) is 13.7. The Morgan fingerprint density at radius 3 is 2.52 bits per heavy atom. The van der Waals surface area contributed by atoms with Crippen LogP contribution in [-0.4, -0.2) is 47.6 Å². The van der Waals surface area contributed by atoms with E-state index in [-0.39, 0.29) is 16.3 Å². The van der Waals surface area contributed by atoms with Crippen molar-refractivity contribution in [2.24, 2.45) is 0 Å². The summed E-state index contributed by atoms with van der Waals surface area (Å²) in [7, 11) is -1.11. The maximum absolute atomic E-state index is 12.9. The van der Waals surface area contributed by atoms with Crippen LogP contribution in [0.25, 0.3) is 5.82 Å². The number of nitrogens with zero attached hydrogens (tertiary/aromatic N) is 4. The number of nitrogens with one attached hydrogen (secondary N) is 2. The second kappa shape index (κ2) is 6.43. The van der Waals surface area contributed by atoms with Gasteiger partial charge in [0.1, 0.15) is 34.7 Å². The van der Waals surface area contributed by atoms with Crippen LogP contribution in [-0.2, 0) is 10.0 Å². The van der Waals surface area contributed by atoms with E-state index in [2.05, 4.69) is 25.1 Å². The Kier molecular flexibility index (Phi) is 4.31. The van der Waals surface area contributed by atoms with Crippen molar-refractivity contribution in [2.75, 3.05) is 18.9 Å². The highest BCUT2D eigenvalue weighted by Crippen LogP contribution is 2.31. The fourth-order valence-electron chi connectivity index (χ4n) is 2.22. The van der Waals surface area contributed by atoms with Crippen molar-refractivity contribution in [2.45, 2.75) is 11.8 Å². The molecule has 2 aromatic heterocycles. The molecule has 3 aromatic rings. The molecule has 0 saturated heterocycles. The molecule has 0 atom stereocenters. The normalized spacial score (nSPS) is 11.3. The lowest BCUT2D eigenvalue weighted by Gasteiger charge is -2.13. The Morgan fingerprint density at radius 2 is 1.88 bits per heavy atom. The molecule has 0 saturated carbocycles. The second-order valence-corrected chi connectivity index (χ2v) is 6.69. The minimum Gasteiger partial charge on any atom is -0.497 e. The van der Waals surface area contributed by atoms with Gasteiger partial charge in [-0.05, 0) is 19.1 Å². The Morgan fingerprint density at radius 1 is 1.16 bits per heavy atom. The van der Waals surface area contributed by atoms with Crippen molar-refractivity contribution in [3.05, 3.63) is 36.5 Å². The van der Waals surface area contributed by atoms with E-state index in [1.807, 2.05) is 0 Å². The first-order chi connectivity index (χ1) is 12.0. The maximum atomic E-state index is 12.9.